The number of rotatable bonds is 5. The third-order valence-corrected chi connectivity index (χ3v) is 4.24. The van der Waals surface area contributed by atoms with Gasteiger partial charge in [-0.2, -0.15) is 0 Å². The van der Waals surface area contributed by atoms with E-state index in [-0.39, 0.29) is 0 Å². The van der Waals surface area contributed by atoms with E-state index in [9.17, 15) is 9.90 Å². The summed E-state index contributed by atoms with van der Waals surface area (Å²) in [6.07, 6.45) is 2.53. The summed E-state index contributed by atoms with van der Waals surface area (Å²) in [4.78, 5) is 13.7. The highest BCUT2D eigenvalue weighted by molar-refractivity contribution is 9.10. The summed E-state index contributed by atoms with van der Waals surface area (Å²) >= 11 is 3.29. The fourth-order valence-electron chi connectivity index (χ4n) is 2.46. The number of hydrogen-bond acceptors (Lipinski definition) is 3. The third-order valence-electron chi connectivity index (χ3n) is 3.58. The number of carboxylic acids is 1. The molecule has 104 valence electrons. The van der Waals surface area contributed by atoms with Crippen molar-refractivity contribution >= 4 is 27.6 Å². The molecule has 0 radical (unpaired) electrons. The predicted octanol–water partition coefficient (Wildman–Crippen LogP) is 3.04. The molecule has 0 spiro atoms. The fourth-order valence-corrected chi connectivity index (χ4v) is 2.99. The summed E-state index contributed by atoms with van der Waals surface area (Å²) in [5.41, 5.74) is 0.976. The number of anilines is 1. The molecule has 1 aromatic rings. The monoisotopic (exact) mass is 326 g/mol. The van der Waals surface area contributed by atoms with Crippen molar-refractivity contribution in [2.45, 2.75) is 25.8 Å². The fraction of sp³-hybridized carbons (Fsp3) is 0.500. The van der Waals surface area contributed by atoms with Crippen LogP contribution in [0.15, 0.2) is 22.7 Å². The van der Waals surface area contributed by atoms with Gasteiger partial charge in [0.25, 0.3) is 0 Å². The van der Waals surface area contributed by atoms with E-state index in [0.717, 1.165) is 19.6 Å². The Hall–Kier alpha value is -1.07. The highest BCUT2D eigenvalue weighted by Gasteiger charge is 2.19. The van der Waals surface area contributed by atoms with Crippen molar-refractivity contribution in [1.29, 1.82) is 0 Å². The zero-order valence-corrected chi connectivity index (χ0v) is 12.6. The number of carboxylic acid groups (broad SMARTS) is 1. The van der Waals surface area contributed by atoms with E-state index in [1.165, 1.54) is 12.8 Å². The molecule has 4 nitrogen and oxygen atoms in total. The maximum absolute atomic E-state index is 11.3. The highest BCUT2D eigenvalue weighted by atomic mass is 79.9. The van der Waals surface area contributed by atoms with Crippen LogP contribution in [0.25, 0.3) is 0 Å². The number of hydrogen-bond donors (Lipinski definition) is 2. The first-order chi connectivity index (χ1) is 9.09. The van der Waals surface area contributed by atoms with Gasteiger partial charge in [0.15, 0.2) is 0 Å². The van der Waals surface area contributed by atoms with Gasteiger partial charge in [-0.15, -0.1) is 0 Å². The van der Waals surface area contributed by atoms with Gasteiger partial charge < -0.3 is 10.4 Å². The number of nitrogens with one attached hydrogen (secondary N) is 1. The van der Waals surface area contributed by atoms with E-state index >= 15 is 0 Å². The molecular weight excluding hydrogens is 308 g/mol. The van der Waals surface area contributed by atoms with E-state index in [2.05, 4.69) is 33.1 Å². The Kier molecular flexibility index (Phi) is 4.82. The number of carbonyl (C=O) groups is 1. The summed E-state index contributed by atoms with van der Waals surface area (Å²) in [7, 11) is 0. The Morgan fingerprint density at radius 2 is 2.16 bits per heavy atom. The first-order valence-electron chi connectivity index (χ1n) is 6.59. The van der Waals surface area contributed by atoms with Crippen LogP contribution in [0.1, 0.15) is 30.1 Å². The Labute approximate surface area is 121 Å². The minimum Gasteiger partial charge on any atom is -0.478 e. The van der Waals surface area contributed by atoms with E-state index < -0.39 is 5.97 Å². The molecule has 1 fully saturated rings. The molecule has 0 amide bonds. The maximum atomic E-state index is 11.3. The van der Waals surface area contributed by atoms with Crippen LogP contribution in [-0.4, -0.2) is 41.7 Å². The van der Waals surface area contributed by atoms with E-state index in [1.54, 1.807) is 6.07 Å². The number of likely N-dealkylation sites (tertiary alicyclic amines) is 1. The van der Waals surface area contributed by atoms with Gasteiger partial charge in [-0.3, -0.25) is 4.90 Å². The number of aromatic carboxylic acids is 1. The summed E-state index contributed by atoms with van der Waals surface area (Å²) in [6, 6.07) is 5.83. The minimum atomic E-state index is -0.913. The van der Waals surface area contributed by atoms with Crippen molar-refractivity contribution in [3.05, 3.63) is 28.2 Å². The van der Waals surface area contributed by atoms with E-state index in [1.807, 2.05) is 12.1 Å². The molecule has 0 saturated carbocycles. The molecule has 0 aliphatic carbocycles. The summed E-state index contributed by atoms with van der Waals surface area (Å²) in [6.45, 7) is 5.23. The average molecular weight is 327 g/mol. The number of halogens is 1. The molecule has 1 atom stereocenters. The number of benzene rings is 1. The zero-order valence-electron chi connectivity index (χ0n) is 11.0. The van der Waals surface area contributed by atoms with Crippen LogP contribution in [0.4, 0.5) is 5.69 Å². The van der Waals surface area contributed by atoms with Gasteiger partial charge in [0, 0.05) is 22.7 Å². The van der Waals surface area contributed by atoms with E-state index in [0.29, 0.717) is 21.8 Å². The number of nitrogens with zero attached hydrogens (tertiary/aromatic N) is 1. The molecule has 0 aromatic heterocycles. The van der Waals surface area contributed by atoms with Crippen molar-refractivity contribution in [3.63, 3.8) is 0 Å². The molecule has 19 heavy (non-hydrogen) atoms. The molecule has 1 aliphatic rings. The lowest BCUT2D eigenvalue weighted by Gasteiger charge is -2.24. The summed E-state index contributed by atoms with van der Waals surface area (Å²) in [5, 5.41) is 12.5. The van der Waals surface area contributed by atoms with Crippen LogP contribution in [-0.2, 0) is 0 Å². The lowest BCUT2D eigenvalue weighted by Crippen LogP contribution is -2.35. The Morgan fingerprint density at radius 3 is 2.79 bits per heavy atom. The third kappa shape index (κ3) is 3.48. The van der Waals surface area contributed by atoms with E-state index in [4.69, 9.17) is 0 Å². The zero-order chi connectivity index (χ0) is 13.8. The molecule has 0 bridgehead atoms. The topological polar surface area (TPSA) is 52.6 Å². The van der Waals surface area contributed by atoms with Crippen molar-refractivity contribution < 1.29 is 9.90 Å². The van der Waals surface area contributed by atoms with Crippen LogP contribution >= 0.6 is 15.9 Å². The second-order valence-electron chi connectivity index (χ2n) is 4.94. The molecule has 2 N–H and O–H groups in total. The van der Waals surface area contributed by atoms with Crippen molar-refractivity contribution in [1.82, 2.24) is 4.90 Å². The van der Waals surface area contributed by atoms with Crippen molar-refractivity contribution in [2.75, 3.05) is 25.0 Å². The smallest absolute Gasteiger partial charge is 0.338 e. The first-order valence-corrected chi connectivity index (χ1v) is 7.38. The van der Waals surface area contributed by atoms with Crippen LogP contribution in [0, 0.1) is 0 Å². The second-order valence-corrected chi connectivity index (χ2v) is 5.79. The highest BCUT2D eigenvalue weighted by Crippen LogP contribution is 2.25. The maximum Gasteiger partial charge on any atom is 0.338 e. The normalized spacial score (nSPS) is 17.4. The standard InChI is InChI=1S/C14H19BrN2O2/c1-10(17-7-2-3-8-17)9-16-12-6-4-5-11(15)13(12)14(18)19/h4-6,10,16H,2-3,7-9H2,1H3,(H,18,19). The molecule has 5 heteroatoms. The Bertz CT molecular complexity index is 459. The Balaban J connectivity index is 2.02. The van der Waals surface area contributed by atoms with Crippen LogP contribution in [0.2, 0.25) is 0 Å². The van der Waals surface area contributed by atoms with Crippen LogP contribution < -0.4 is 5.32 Å². The van der Waals surface area contributed by atoms with Gasteiger partial charge >= 0.3 is 5.97 Å². The van der Waals surface area contributed by atoms with Gasteiger partial charge in [0.05, 0.1) is 5.56 Å². The largest absolute Gasteiger partial charge is 0.478 e. The van der Waals surface area contributed by atoms with Gasteiger partial charge in [-0.25, -0.2) is 4.79 Å². The van der Waals surface area contributed by atoms with Crippen molar-refractivity contribution in [3.8, 4) is 0 Å². The molecule has 1 aliphatic heterocycles. The molecule has 1 saturated heterocycles. The molecule has 1 unspecified atom stereocenters. The Morgan fingerprint density at radius 1 is 1.47 bits per heavy atom. The van der Waals surface area contributed by atoms with Crippen molar-refractivity contribution in [2.24, 2.45) is 0 Å². The molecule has 2 rings (SSSR count). The van der Waals surface area contributed by atoms with Gasteiger partial charge in [-0.05, 0) is 60.9 Å². The summed E-state index contributed by atoms with van der Waals surface area (Å²) < 4.78 is 0.610. The average Bonchev–Trinajstić information content (AvgIpc) is 2.89. The van der Waals surface area contributed by atoms with Gasteiger partial charge in [-0.1, -0.05) is 6.07 Å². The van der Waals surface area contributed by atoms with Gasteiger partial charge in [0.2, 0.25) is 0 Å². The lowest BCUT2D eigenvalue weighted by molar-refractivity contribution is 0.0697. The predicted molar refractivity (Wildman–Crippen MR) is 79.9 cm³/mol. The summed E-state index contributed by atoms with van der Waals surface area (Å²) in [5.74, 6) is -0.913. The van der Waals surface area contributed by atoms with Crippen LogP contribution in [0.3, 0.4) is 0 Å². The molecular formula is C14H19BrN2O2. The van der Waals surface area contributed by atoms with Crippen LogP contribution in [0.5, 0.6) is 0 Å². The van der Waals surface area contributed by atoms with Gasteiger partial charge in [0.1, 0.15) is 0 Å². The SMILES string of the molecule is CC(CNc1cccc(Br)c1C(=O)O)N1CCCC1. The lowest BCUT2D eigenvalue weighted by atomic mass is 10.1. The molecule has 1 aromatic carbocycles. The minimum absolute atomic E-state index is 0.302. The first kappa shape index (κ1) is 14.3. The quantitative estimate of drug-likeness (QED) is 0.873. The second kappa shape index (κ2) is 6.39. The molecule has 1 heterocycles.